The van der Waals surface area contributed by atoms with Crippen molar-refractivity contribution in [2.24, 2.45) is 10.9 Å². The van der Waals surface area contributed by atoms with Gasteiger partial charge in [-0.1, -0.05) is 26.7 Å². The highest BCUT2D eigenvalue weighted by molar-refractivity contribution is 5.86. The van der Waals surface area contributed by atoms with Crippen molar-refractivity contribution in [3.05, 3.63) is 0 Å². The fourth-order valence-electron chi connectivity index (χ4n) is 4.17. The highest BCUT2D eigenvalue weighted by atomic mass is 16.5. The van der Waals surface area contributed by atoms with Crippen molar-refractivity contribution < 1.29 is 9.53 Å². The van der Waals surface area contributed by atoms with Gasteiger partial charge in [-0.05, 0) is 25.2 Å². The molecular formula is C20H39N5O2. The van der Waals surface area contributed by atoms with Crippen LogP contribution < -0.4 is 10.6 Å². The van der Waals surface area contributed by atoms with E-state index in [1.165, 1.54) is 19.3 Å². The molecule has 2 aliphatic heterocycles. The van der Waals surface area contributed by atoms with Gasteiger partial charge in [0.25, 0.3) is 0 Å². The summed E-state index contributed by atoms with van der Waals surface area (Å²) in [6, 6.07) is 0.459. The fraction of sp³-hybridized carbons (Fsp3) is 0.900. The Kier molecular flexibility index (Phi) is 9.91. The number of hydrogen-bond acceptors (Lipinski definition) is 4. The van der Waals surface area contributed by atoms with Crippen LogP contribution in [0.2, 0.25) is 0 Å². The summed E-state index contributed by atoms with van der Waals surface area (Å²) in [4.78, 5) is 21.2. The Bertz CT molecular complexity index is 455. The third kappa shape index (κ3) is 6.96. The summed E-state index contributed by atoms with van der Waals surface area (Å²) in [7, 11) is 1.77. The van der Waals surface area contributed by atoms with Crippen LogP contribution in [0.4, 0.5) is 0 Å². The zero-order chi connectivity index (χ0) is 19.5. The zero-order valence-corrected chi connectivity index (χ0v) is 17.5. The van der Waals surface area contributed by atoms with Gasteiger partial charge >= 0.3 is 0 Å². The van der Waals surface area contributed by atoms with Crippen LogP contribution in [0.1, 0.15) is 46.0 Å². The molecule has 2 aliphatic rings. The van der Waals surface area contributed by atoms with E-state index < -0.39 is 0 Å². The second-order valence-electron chi connectivity index (χ2n) is 7.54. The van der Waals surface area contributed by atoms with Gasteiger partial charge in [0.05, 0.1) is 19.8 Å². The van der Waals surface area contributed by atoms with Gasteiger partial charge in [-0.25, -0.2) is 0 Å². The maximum atomic E-state index is 12.4. The van der Waals surface area contributed by atoms with Crippen LogP contribution in [0.3, 0.4) is 0 Å². The Morgan fingerprint density at radius 2 is 1.70 bits per heavy atom. The molecule has 7 heteroatoms. The minimum atomic E-state index is 0.169. The average molecular weight is 382 g/mol. The van der Waals surface area contributed by atoms with Gasteiger partial charge in [0, 0.05) is 45.8 Å². The third-order valence-corrected chi connectivity index (χ3v) is 5.93. The molecule has 0 radical (unpaired) electrons. The van der Waals surface area contributed by atoms with E-state index in [0.29, 0.717) is 24.5 Å². The zero-order valence-electron chi connectivity index (χ0n) is 17.5. The fourth-order valence-corrected chi connectivity index (χ4v) is 4.17. The summed E-state index contributed by atoms with van der Waals surface area (Å²) in [5, 5.41) is 6.66. The van der Waals surface area contributed by atoms with Gasteiger partial charge in [-0.15, -0.1) is 0 Å². The number of aliphatic imine (C=N–C) groups is 1. The van der Waals surface area contributed by atoms with E-state index in [4.69, 9.17) is 4.74 Å². The Balaban J connectivity index is 1.84. The predicted molar refractivity (Wildman–Crippen MR) is 110 cm³/mol. The van der Waals surface area contributed by atoms with Crippen molar-refractivity contribution >= 4 is 11.9 Å². The number of amides is 1. The number of guanidine groups is 1. The third-order valence-electron chi connectivity index (χ3n) is 5.93. The second-order valence-corrected chi connectivity index (χ2v) is 7.54. The van der Waals surface area contributed by atoms with E-state index in [0.717, 1.165) is 58.8 Å². The molecule has 1 amide bonds. The minimum absolute atomic E-state index is 0.169. The van der Waals surface area contributed by atoms with Crippen molar-refractivity contribution in [3.63, 3.8) is 0 Å². The van der Waals surface area contributed by atoms with Crippen molar-refractivity contribution in [2.75, 3.05) is 59.5 Å². The predicted octanol–water partition coefficient (Wildman–Crippen LogP) is 1.30. The first-order valence-corrected chi connectivity index (χ1v) is 10.7. The quantitative estimate of drug-likeness (QED) is 0.490. The molecule has 0 aliphatic carbocycles. The first kappa shape index (κ1) is 22.0. The summed E-state index contributed by atoms with van der Waals surface area (Å²) in [6.07, 6.45) is 5.81. The van der Waals surface area contributed by atoms with E-state index in [1.54, 1.807) is 7.05 Å². The molecule has 2 N–H and O–H groups in total. The smallest absolute Gasteiger partial charge is 0.241 e. The molecule has 27 heavy (non-hydrogen) atoms. The molecule has 0 aromatic carbocycles. The molecule has 0 bridgehead atoms. The van der Waals surface area contributed by atoms with Crippen LogP contribution in [-0.4, -0.2) is 87.2 Å². The van der Waals surface area contributed by atoms with Gasteiger partial charge in [-0.2, -0.15) is 0 Å². The number of hydrogen-bond donors (Lipinski definition) is 2. The number of rotatable bonds is 8. The molecule has 156 valence electrons. The SMILES string of the molecule is CCC(CC)C(CNC(=NC)NCC(=O)N1CCCCC1)N1CCOCC1. The van der Waals surface area contributed by atoms with Gasteiger partial charge < -0.3 is 20.3 Å². The van der Waals surface area contributed by atoms with E-state index >= 15 is 0 Å². The Hall–Kier alpha value is -1.34. The number of nitrogens with one attached hydrogen (secondary N) is 2. The molecule has 2 heterocycles. The van der Waals surface area contributed by atoms with Gasteiger partial charge in [-0.3, -0.25) is 14.7 Å². The monoisotopic (exact) mass is 381 g/mol. The number of carbonyl (C=O) groups excluding carboxylic acids is 1. The summed E-state index contributed by atoms with van der Waals surface area (Å²) >= 11 is 0. The van der Waals surface area contributed by atoms with E-state index in [1.807, 2.05) is 4.90 Å². The first-order chi connectivity index (χ1) is 13.2. The Labute approximate surface area is 164 Å². The van der Waals surface area contributed by atoms with Crippen LogP contribution >= 0.6 is 0 Å². The molecule has 0 aromatic heterocycles. The van der Waals surface area contributed by atoms with E-state index in [2.05, 4.69) is 34.4 Å². The lowest BCUT2D eigenvalue weighted by Gasteiger charge is -2.39. The molecule has 2 rings (SSSR count). The second kappa shape index (κ2) is 12.2. The standard InChI is InChI=1S/C20H39N5O2/c1-4-17(5-2)18(24-11-13-27-14-12-24)15-22-20(21-3)23-16-19(26)25-9-7-6-8-10-25/h17-18H,4-16H2,1-3H3,(H2,21,22,23). The van der Waals surface area contributed by atoms with Gasteiger partial charge in [0.1, 0.15) is 0 Å². The summed E-state index contributed by atoms with van der Waals surface area (Å²) in [6.45, 7) is 11.1. The van der Waals surface area contributed by atoms with Crippen molar-refractivity contribution in [2.45, 2.75) is 52.0 Å². The van der Waals surface area contributed by atoms with Gasteiger partial charge in [0.15, 0.2) is 5.96 Å². The minimum Gasteiger partial charge on any atom is -0.379 e. The Morgan fingerprint density at radius 3 is 2.30 bits per heavy atom. The van der Waals surface area contributed by atoms with E-state index in [-0.39, 0.29) is 5.91 Å². The summed E-state index contributed by atoms with van der Waals surface area (Å²) in [5.41, 5.74) is 0. The number of ether oxygens (including phenoxy) is 1. The highest BCUT2D eigenvalue weighted by Gasteiger charge is 2.27. The largest absolute Gasteiger partial charge is 0.379 e. The lowest BCUT2D eigenvalue weighted by molar-refractivity contribution is -0.130. The molecule has 1 atom stereocenters. The first-order valence-electron chi connectivity index (χ1n) is 10.7. The number of carbonyl (C=O) groups is 1. The van der Waals surface area contributed by atoms with Crippen LogP contribution in [-0.2, 0) is 9.53 Å². The Morgan fingerprint density at radius 1 is 1.04 bits per heavy atom. The van der Waals surface area contributed by atoms with Crippen LogP contribution in [0.15, 0.2) is 4.99 Å². The molecule has 2 fully saturated rings. The number of piperidine rings is 1. The normalized spacial score (nSPS) is 20.6. The molecule has 0 spiro atoms. The lowest BCUT2D eigenvalue weighted by Crippen LogP contribution is -2.54. The van der Waals surface area contributed by atoms with Crippen molar-refractivity contribution in [1.82, 2.24) is 20.4 Å². The lowest BCUT2D eigenvalue weighted by atomic mass is 9.92. The topological polar surface area (TPSA) is 69.2 Å². The van der Waals surface area contributed by atoms with Crippen LogP contribution in [0.5, 0.6) is 0 Å². The number of likely N-dealkylation sites (tertiary alicyclic amines) is 1. The van der Waals surface area contributed by atoms with Crippen LogP contribution in [0.25, 0.3) is 0 Å². The average Bonchev–Trinajstić information content (AvgIpc) is 2.74. The molecule has 2 saturated heterocycles. The molecule has 0 aromatic rings. The van der Waals surface area contributed by atoms with Crippen molar-refractivity contribution in [1.29, 1.82) is 0 Å². The van der Waals surface area contributed by atoms with Gasteiger partial charge in [0.2, 0.25) is 5.91 Å². The maximum absolute atomic E-state index is 12.4. The molecular weight excluding hydrogens is 342 g/mol. The number of morpholine rings is 1. The molecule has 1 unspecified atom stereocenters. The highest BCUT2D eigenvalue weighted by Crippen LogP contribution is 2.19. The number of nitrogens with zero attached hydrogens (tertiary/aromatic N) is 3. The summed E-state index contributed by atoms with van der Waals surface area (Å²) < 4.78 is 5.53. The van der Waals surface area contributed by atoms with Crippen LogP contribution in [0, 0.1) is 5.92 Å². The molecule has 7 nitrogen and oxygen atoms in total. The van der Waals surface area contributed by atoms with E-state index in [9.17, 15) is 4.79 Å². The molecule has 0 saturated carbocycles. The maximum Gasteiger partial charge on any atom is 0.241 e. The van der Waals surface area contributed by atoms with Crippen molar-refractivity contribution in [3.8, 4) is 0 Å². The summed E-state index contributed by atoms with van der Waals surface area (Å²) in [5.74, 6) is 1.52.